The fourth-order valence-corrected chi connectivity index (χ4v) is 4.32. The van der Waals surface area contributed by atoms with Gasteiger partial charge >= 0.3 is 0 Å². The highest BCUT2D eigenvalue weighted by Gasteiger charge is 2.26. The van der Waals surface area contributed by atoms with Crippen LogP contribution in [0.5, 0.6) is 0 Å². The smallest absolute Gasteiger partial charge is 0.155 e. The van der Waals surface area contributed by atoms with E-state index in [0.717, 1.165) is 48.1 Å². The fourth-order valence-electron chi connectivity index (χ4n) is 4.32. The van der Waals surface area contributed by atoms with Gasteiger partial charge in [-0.2, -0.15) is 5.10 Å². The van der Waals surface area contributed by atoms with E-state index in [9.17, 15) is 10.2 Å². The summed E-state index contributed by atoms with van der Waals surface area (Å²) >= 11 is 0. The molecule has 3 aromatic heterocycles. The van der Waals surface area contributed by atoms with E-state index in [1.165, 1.54) is 0 Å². The molecule has 0 spiro atoms. The number of hydrogen-bond donors (Lipinski definition) is 3. The first-order valence-electron chi connectivity index (χ1n) is 10.8. The van der Waals surface area contributed by atoms with E-state index in [2.05, 4.69) is 27.5 Å². The summed E-state index contributed by atoms with van der Waals surface area (Å²) in [6.45, 7) is 0. The zero-order valence-electron chi connectivity index (χ0n) is 17.2. The third-order valence-corrected chi connectivity index (χ3v) is 5.99. The molecule has 5 rings (SSSR count). The van der Waals surface area contributed by atoms with E-state index in [1.54, 1.807) is 12.5 Å². The van der Waals surface area contributed by atoms with Crippen LogP contribution in [0.4, 0.5) is 0 Å². The van der Waals surface area contributed by atoms with Crippen LogP contribution in [0.3, 0.4) is 0 Å². The third kappa shape index (κ3) is 4.25. The maximum Gasteiger partial charge on any atom is 0.155 e. The van der Waals surface area contributed by atoms with E-state index in [1.807, 2.05) is 41.2 Å². The Morgan fingerprint density at radius 2 is 2.00 bits per heavy atom. The number of aliphatic hydroxyl groups excluding tert-OH is 2. The standard InChI is InChI=1S/C24H26N4O3/c29-22-5-2-1-4-19(22)27-24(30)21-15-17(23-20(26-21)10-13-31-23)14-16-6-8-18(9-7-16)28-12-3-11-25-28/h3,6-13,15,19,22,24,27,29-30H,1-2,4-5,14H2/t19-,22-,24?/m0/s1. The number of rotatable bonds is 6. The largest absolute Gasteiger partial charge is 0.462 e. The number of aromatic nitrogens is 3. The molecular formula is C24H26N4O3. The van der Waals surface area contributed by atoms with Crippen molar-refractivity contribution in [3.05, 3.63) is 77.9 Å². The van der Waals surface area contributed by atoms with Crippen LogP contribution in [-0.2, 0) is 6.42 Å². The van der Waals surface area contributed by atoms with Gasteiger partial charge in [-0.05, 0) is 42.7 Å². The average molecular weight is 418 g/mol. The summed E-state index contributed by atoms with van der Waals surface area (Å²) < 4.78 is 7.51. The van der Waals surface area contributed by atoms with Crippen LogP contribution in [0.2, 0.25) is 0 Å². The molecule has 7 heteroatoms. The van der Waals surface area contributed by atoms with Gasteiger partial charge in [0.05, 0.1) is 23.7 Å². The van der Waals surface area contributed by atoms with E-state index >= 15 is 0 Å². The number of nitrogens with one attached hydrogen (secondary N) is 1. The number of aliphatic hydroxyl groups is 2. The Kier molecular flexibility index (Phi) is 5.55. The maximum atomic E-state index is 10.8. The van der Waals surface area contributed by atoms with Gasteiger partial charge in [-0.25, -0.2) is 9.67 Å². The Labute approximate surface area is 180 Å². The van der Waals surface area contributed by atoms with Gasteiger partial charge in [0, 0.05) is 36.5 Å². The summed E-state index contributed by atoms with van der Waals surface area (Å²) in [7, 11) is 0. The topological polar surface area (TPSA) is 96.3 Å². The van der Waals surface area contributed by atoms with Gasteiger partial charge < -0.3 is 14.6 Å². The first-order valence-corrected chi connectivity index (χ1v) is 10.8. The highest BCUT2D eigenvalue weighted by molar-refractivity contribution is 5.76. The van der Waals surface area contributed by atoms with Crippen molar-refractivity contribution in [2.75, 3.05) is 0 Å². The van der Waals surface area contributed by atoms with Gasteiger partial charge in [0.2, 0.25) is 0 Å². The minimum atomic E-state index is -0.946. The second-order valence-electron chi connectivity index (χ2n) is 8.16. The second kappa shape index (κ2) is 8.63. The van der Waals surface area contributed by atoms with Crippen LogP contribution in [0, 0.1) is 0 Å². The average Bonchev–Trinajstić information content (AvgIpc) is 3.48. The van der Waals surface area contributed by atoms with Crippen LogP contribution < -0.4 is 5.32 Å². The number of furan rings is 1. The summed E-state index contributed by atoms with van der Waals surface area (Å²) in [6.07, 6.45) is 8.24. The molecule has 7 nitrogen and oxygen atoms in total. The molecule has 3 N–H and O–H groups in total. The van der Waals surface area contributed by atoms with E-state index < -0.39 is 12.3 Å². The van der Waals surface area contributed by atoms with Crippen LogP contribution >= 0.6 is 0 Å². The summed E-state index contributed by atoms with van der Waals surface area (Å²) in [6, 6.07) is 13.7. The third-order valence-electron chi connectivity index (χ3n) is 5.99. The Morgan fingerprint density at radius 1 is 1.16 bits per heavy atom. The molecule has 1 aliphatic rings. The molecular weight excluding hydrogens is 392 g/mol. The summed E-state index contributed by atoms with van der Waals surface area (Å²) in [5.41, 5.74) is 5.06. The highest BCUT2D eigenvalue weighted by Crippen LogP contribution is 2.26. The summed E-state index contributed by atoms with van der Waals surface area (Å²) in [4.78, 5) is 4.58. The minimum absolute atomic E-state index is 0.121. The Balaban J connectivity index is 1.39. The van der Waals surface area contributed by atoms with Crippen molar-refractivity contribution in [3.8, 4) is 5.69 Å². The van der Waals surface area contributed by atoms with Crippen LogP contribution in [0.1, 0.15) is 48.7 Å². The molecule has 3 heterocycles. The lowest BCUT2D eigenvalue weighted by Gasteiger charge is -2.30. The Hall–Kier alpha value is -3.00. The second-order valence-corrected chi connectivity index (χ2v) is 8.16. The number of benzene rings is 1. The number of hydrogen-bond acceptors (Lipinski definition) is 6. The molecule has 1 fully saturated rings. The number of pyridine rings is 1. The molecule has 1 saturated carbocycles. The molecule has 1 aromatic carbocycles. The molecule has 160 valence electrons. The van der Waals surface area contributed by atoms with Gasteiger partial charge in [-0.15, -0.1) is 0 Å². The van der Waals surface area contributed by atoms with Gasteiger partial charge in [0.1, 0.15) is 11.7 Å². The monoisotopic (exact) mass is 418 g/mol. The molecule has 0 saturated heterocycles. The molecule has 4 aromatic rings. The summed E-state index contributed by atoms with van der Waals surface area (Å²) in [5.74, 6) is 0. The molecule has 0 bridgehead atoms. The first-order chi connectivity index (χ1) is 15.2. The molecule has 31 heavy (non-hydrogen) atoms. The van der Waals surface area contributed by atoms with Crippen molar-refractivity contribution in [3.63, 3.8) is 0 Å². The lowest BCUT2D eigenvalue weighted by Crippen LogP contribution is -2.44. The summed E-state index contributed by atoms with van der Waals surface area (Å²) in [5, 5.41) is 28.4. The molecule has 1 unspecified atom stereocenters. The Morgan fingerprint density at radius 3 is 2.77 bits per heavy atom. The Bertz CT molecular complexity index is 1140. The van der Waals surface area contributed by atoms with Crippen LogP contribution in [0.15, 0.2) is 65.5 Å². The maximum absolute atomic E-state index is 10.8. The van der Waals surface area contributed by atoms with Crippen LogP contribution in [-0.4, -0.2) is 37.1 Å². The lowest BCUT2D eigenvalue weighted by molar-refractivity contribution is 0.0414. The fraction of sp³-hybridized carbons (Fsp3) is 0.333. The van der Waals surface area contributed by atoms with Gasteiger partial charge in [-0.3, -0.25) is 5.32 Å². The van der Waals surface area contributed by atoms with Crippen molar-refractivity contribution in [2.24, 2.45) is 0 Å². The zero-order chi connectivity index (χ0) is 21.2. The van der Waals surface area contributed by atoms with Gasteiger partial charge in [-0.1, -0.05) is 25.0 Å². The van der Waals surface area contributed by atoms with E-state index in [4.69, 9.17) is 4.42 Å². The highest BCUT2D eigenvalue weighted by atomic mass is 16.3. The molecule has 0 amide bonds. The van der Waals surface area contributed by atoms with Crippen molar-refractivity contribution in [1.82, 2.24) is 20.1 Å². The number of nitrogens with zero attached hydrogens (tertiary/aromatic N) is 3. The predicted octanol–water partition coefficient (Wildman–Crippen LogP) is 3.49. The van der Waals surface area contributed by atoms with Crippen molar-refractivity contribution in [1.29, 1.82) is 0 Å². The van der Waals surface area contributed by atoms with Gasteiger partial charge in [0.25, 0.3) is 0 Å². The zero-order valence-corrected chi connectivity index (χ0v) is 17.2. The minimum Gasteiger partial charge on any atom is -0.462 e. The van der Waals surface area contributed by atoms with Crippen molar-refractivity contribution >= 4 is 11.1 Å². The lowest BCUT2D eigenvalue weighted by atomic mass is 9.92. The SMILES string of the molecule is OC(N[C@H]1CCCC[C@@H]1O)c1cc(Cc2ccc(-n3cccn3)cc2)c2occc2n1. The molecule has 0 aliphatic heterocycles. The van der Waals surface area contributed by atoms with E-state index in [-0.39, 0.29) is 6.04 Å². The molecule has 0 radical (unpaired) electrons. The van der Waals surface area contributed by atoms with Crippen molar-refractivity contribution in [2.45, 2.75) is 50.5 Å². The predicted molar refractivity (Wildman–Crippen MR) is 117 cm³/mol. The normalized spacial score (nSPS) is 20.2. The van der Waals surface area contributed by atoms with E-state index in [0.29, 0.717) is 17.6 Å². The number of fused-ring (bicyclic) bond motifs is 1. The quantitative estimate of drug-likeness (QED) is 0.415. The van der Waals surface area contributed by atoms with Gasteiger partial charge in [0.15, 0.2) is 5.58 Å². The van der Waals surface area contributed by atoms with Crippen molar-refractivity contribution < 1.29 is 14.6 Å². The first kappa shape index (κ1) is 19.9. The van der Waals surface area contributed by atoms with Crippen LogP contribution in [0.25, 0.3) is 16.8 Å². The molecule has 1 aliphatic carbocycles. The molecule has 3 atom stereocenters.